The Morgan fingerprint density at radius 3 is 3.00 bits per heavy atom. The van der Waals surface area contributed by atoms with Gasteiger partial charge in [0.15, 0.2) is 0 Å². The van der Waals surface area contributed by atoms with Gasteiger partial charge in [0.05, 0.1) is 17.4 Å². The van der Waals surface area contributed by atoms with Crippen molar-refractivity contribution in [1.29, 1.82) is 0 Å². The second kappa shape index (κ2) is 6.72. The zero-order valence-corrected chi connectivity index (χ0v) is 13.9. The first-order chi connectivity index (χ1) is 11.1. The molecule has 2 N–H and O–H groups in total. The van der Waals surface area contributed by atoms with Crippen LogP contribution in [0.25, 0.3) is 5.69 Å². The van der Waals surface area contributed by atoms with Crippen molar-refractivity contribution in [3.63, 3.8) is 0 Å². The molecule has 0 spiro atoms. The maximum Gasteiger partial charge on any atom is 0.257 e. The van der Waals surface area contributed by atoms with Crippen molar-refractivity contribution in [2.45, 2.75) is 38.3 Å². The predicted molar refractivity (Wildman–Crippen MR) is 90.9 cm³/mol. The molecule has 0 bridgehead atoms. The highest BCUT2D eigenvalue weighted by Gasteiger charge is 2.30. The molecule has 1 saturated heterocycles. The van der Waals surface area contributed by atoms with Gasteiger partial charge in [0.25, 0.3) is 5.91 Å². The van der Waals surface area contributed by atoms with Gasteiger partial charge >= 0.3 is 0 Å². The quantitative estimate of drug-likeness (QED) is 0.940. The minimum atomic E-state index is -0.0257. The number of benzene rings is 1. The Kier molecular flexibility index (Phi) is 4.68. The summed E-state index contributed by atoms with van der Waals surface area (Å²) >= 11 is 6.01. The van der Waals surface area contributed by atoms with E-state index in [2.05, 4.69) is 5.10 Å². The van der Waals surface area contributed by atoms with E-state index >= 15 is 0 Å². The summed E-state index contributed by atoms with van der Waals surface area (Å²) in [6.45, 7) is 2.72. The van der Waals surface area contributed by atoms with Gasteiger partial charge in [-0.2, -0.15) is 5.10 Å². The zero-order chi connectivity index (χ0) is 16.4. The number of nitrogens with two attached hydrogens (primary N) is 1. The highest BCUT2D eigenvalue weighted by Crippen LogP contribution is 2.22. The van der Waals surface area contributed by atoms with Crippen molar-refractivity contribution in [3.8, 4) is 5.69 Å². The van der Waals surface area contributed by atoms with Crippen LogP contribution in [-0.2, 0) is 0 Å². The van der Waals surface area contributed by atoms with Crippen molar-refractivity contribution in [2.24, 2.45) is 5.73 Å². The lowest BCUT2D eigenvalue weighted by Crippen LogP contribution is -2.51. The fraction of sp³-hybridized carbons (Fsp3) is 0.412. The second-order valence-corrected chi connectivity index (χ2v) is 6.51. The van der Waals surface area contributed by atoms with Gasteiger partial charge in [-0.3, -0.25) is 4.79 Å². The van der Waals surface area contributed by atoms with Crippen LogP contribution < -0.4 is 5.73 Å². The highest BCUT2D eigenvalue weighted by atomic mass is 35.5. The molecule has 6 heteroatoms. The molecule has 0 radical (unpaired) electrons. The summed E-state index contributed by atoms with van der Waals surface area (Å²) < 4.78 is 1.67. The smallest absolute Gasteiger partial charge is 0.257 e. The van der Waals surface area contributed by atoms with Gasteiger partial charge in [-0.05, 0) is 44.4 Å². The fourth-order valence-electron chi connectivity index (χ4n) is 3.12. The molecular weight excluding hydrogens is 312 g/mol. The molecular formula is C17H21ClN4O. The van der Waals surface area contributed by atoms with Crippen molar-refractivity contribution < 1.29 is 4.79 Å². The van der Waals surface area contributed by atoms with Crippen LogP contribution in [0.15, 0.2) is 36.7 Å². The lowest BCUT2D eigenvalue weighted by atomic mass is 9.96. The first kappa shape index (κ1) is 16.0. The van der Waals surface area contributed by atoms with Crippen LogP contribution in [0.4, 0.5) is 0 Å². The van der Waals surface area contributed by atoms with Crippen molar-refractivity contribution >= 4 is 17.5 Å². The van der Waals surface area contributed by atoms with Gasteiger partial charge < -0.3 is 10.6 Å². The molecule has 1 fully saturated rings. The van der Waals surface area contributed by atoms with E-state index in [0.29, 0.717) is 10.6 Å². The Hall–Kier alpha value is -1.85. The lowest BCUT2D eigenvalue weighted by molar-refractivity contribution is 0.0584. The topological polar surface area (TPSA) is 64.2 Å². The molecule has 5 nitrogen and oxygen atoms in total. The largest absolute Gasteiger partial charge is 0.334 e. The average Bonchev–Trinajstić information content (AvgIpc) is 3.04. The molecule has 2 unspecified atom stereocenters. The molecule has 1 aliphatic heterocycles. The van der Waals surface area contributed by atoms with Gasteiger partial charge in [-0.25, -0.2) is 4.68 Å². The van der Waals surface area contributed by atoms with Crippen LogP contribution in [0, 0.1) is 0 Å². The first-order valence-electron chi connectivity index (χ1n) is 7.93. The van der Waals surface area contributed by atoms with Crippen LogP contribution in [0.3, 0.4) is 0 Å². The lowest BCUT2D eigenvalue weighted by Gasteiger charge is -2.37. The van der Waals surface area contributed by atoms with E-state index in [1.165, 1.54) is 0 Å². The van der Waals surface area contributed by atoms with Gasteiger partial charge in [-0.1, -0.05) is 17.7 Å². The number of hydrogen-bond donors (Lipinski definition) is 1. The van der Waals surface area contributed by atoms with Gasteiger partial charge in [0, 0.05) is 29.8 Å². The highest BCUT2D eigenvalue weighted by molar-refractivity contribution is 6.30. The third-order valence-electron chi connectivity index (χ3n) is 4.32. The van der Waals surface area contributed by atoms with E-state index in [4.69, 9.17) is 17.3 Å². The number of rotatable bonds is 3. The molecule has 2 heterocycles. The van der Waals surface area contributed by atoms with E-state index < -0.39 is 0 Å². The summed E-state index contributed by atoms with van der Waals surface area (Å²) in [6, 6.07) is 7.46. The Bertz CT molecular complexity index is 697. The maximum atomic E-state index is 12.8. The molecule has 2 aromatic rings. The van der Waals surface area contributed by atoms with Crippen molar-refractivity contribution in [1.82, 2.24) is 14.7 Å². The van der Waals surface area contributed by atoms with Crippen molar-refractivity contribution in [2.75, 3.05) is 6.54 Å². The third kappa shape index (κ3) is 3.41. The van der Waals surface area contributed by atoms with Crippen molar-refractivity contribution in [3.05, 3.63) is 47.2 Å². The number of likely N-dealkylation sites (tertiary alicyclic amines) is 1. The minimum Gasteiger partial charge on any atom is -0.334 e. The van der Waals surface area contributed by atoms with Crippen LogP contribution in [0.5, 0.6) is 0 Å². The molecule has 1 aromatic heterocycles. The molecule has 2 atom stereocenters. The zero-order valence-electron chi connectivity index (χ0n) is 13.2. The summed E-state index contributed by atoms with van der Waals surface area (Å²) in [5.41, 5.74) is 7.47. The molecule has 1 aliphatic rings. The summed E-state index contributed by atoms with van der Waals surface area (Å²) in [7, 11) is 0. The molecule has 122 valence electrons. The summed E-state index contributed by atoms with van der Waals surface area (Å²) in [6.07, 6.45) is 6.47. The second-order valence-electron chi connectivity index (χ2n) is 6.07. The molecule has 0 saturated carbocycles. The number of halogens is 1. The molecule has 23 heavy (non-hydrogen) atoms. The van der Waals surface area contributed by atoms with Crippen LogP contribution in [0.2, 0.25) is 5.02 Å². The minimum absolute atomic E-state index is 0.000257. The number of amides is 1. The summed E-state index contributed by atoms with van der Waals surface area (Å²) in [4.78, 5) is 14.7. The maximum absolute atomic E-state index is 12.8. The van der Waals surface area contributed by atoms with E-state index in [1.807, 2.05) is 36.1 Å². The summed E-state index contributed by atoms with van der Waals surface area (Å²) in [5.74, 6) is 0.000257. The van der Waals surface area contributed by atoms with Crippen LogP contribution >= 0.6 is 11.6 Å². The number of carbonyl (C=O) groups excluding carboxylic acids is 1. The van der Waals surface area contributed by atoms with E-state index in [1.54, 1.807) is 17.1 Å². The average molecular weight is 333 g/mol. The van der Waals surface area contributed by atoms with E-state index in [-0.39, 0.29) is 18.0 Å². The number of nitrogens with zero attached hydrogens (tertiary/aromatic N) is 3. The number of carbonyl (C=O) groups is 1. The van der Waals surface area contributed by atoms with Gasteiger partial charge in [0.1, 0.15) is 0 Å². The molecule has 0 aliphatic carbocycles. The monoisotopic (exact) mass is 332 g/mol. The number of hydrogen-bond acceptors (Lipinski definition) is 3. The van der Waals surface area contributed by atoms with E-state index in [0.717, 1.165) is 31.5 Å². The molecule has 1 aromatic carbocycles. The van der Waals surface area contributed by atoms with Gasteiger partial charge in [-0.15, -0.1) is 0 Å². The van der Waals surface area contributed by atoms with Crippen LogP contribution in [-0.4, -0.2) is 39.2 Å². The Morgan fingerprint density at radius 1 is 1.43 bits per heavy atom. The number of piperidine rings is 1. The third-order valence-corrected chi connectivity index (χ3v) is 4.55. The SMILES string of the molecule is CC(N)C1CCCCN1C(=O)c1cnn(-c2cccc(Cl)c2)c1. The Morgan fingerprint density at radius 2 is 2.26 bits per heavy atom. The standard InChI is InChI=1S/C17H21ClN4O/c1-12(19)16-7-2-3-8-21(16)17(23)13-10-20-22(11-13)15-6-4-5-14(18)9-15/h4-6,9-12,16H,2-3,7-8,19H2,1H3. The Balaban J connectivity index is 1.83. The normalized spacial score (nSPS) is 19.6. The van der Waals surface area contributed by atoms with E-state index in [9.17, 15) is 4.79 Å². The number of aromatic nitrogens is 2. The fourth-order valence-corrected chi connectivity index (χ4v) is 3.30. The Labute approximate surface area is 141 Å². The summed E-state index contributed by atoms with van der Waals surface area (Å²) in [5, 5.41) is 4.93. The first-order valence-corrected chi connectivity index (χ1v) is 8.31. The predicted octanol–water partition coefficient (Wildman–Crippen LogP) is 2.87. The van der Waals surface area contributed by atoms with Crippen LogP contribution in [0.1, 0.15) is 36.5 Å². The molecule has 3 rings (SSSR count). The molecule has 1 amide bonds. The van der Waals surface area contributed by atoms with Gasteiger partial charge in [0.2, 0.25) is 0 Å².